The van der Waals surface area contributed by atoms with Crippen molar-refractivity contribution >= 4 is 23.5 Å². The van der Waals surface area contributed by atoms with Gasteiger partial charge in [-0.25, -0.2) is 0 Å². The number of rotatable bonds is 6. The van der Waals surface area contributed by atoms with Gasteiger partial charge in [-0.05, 0) is 12.5 Å². The van der Waals surface area contributed by atoms with E-state index >= 15 is 0 Å². The summed E-state index contributed by atoms with van der Waals surface area (Å²) in [5.41, 5.74) is 0.729. The molecule has 0 bridgehead atoms. The monoisotopic (exact) mass is 269 g/mol. The zero-order valence-electron chi connectivity index (χ0n) is 10.2. The van der Waals surface area contributed by atoms with E-state index in [1.54, 1.807) is 19.1 Å². The van der Waals surface area contributed by atoms with Crippen LogP contribution >= 0.6 is 11.6 Å². The molecular formula is C13H16ClNO3. The number of alkyl halides is 1. The number of amides is 1. The number of carbonyl (C=O) groups excluding carboxylic acids is 2. The molecule has 0 heterocycles. The lowest BCUT2D eigenvalue weighted by atomic mass is 10.1. The summed E-state index contributed by atoms with van der Waals surface area (Å²) in [6.45, 7) is 2.31. The molecule has 0 fully saturated rings. The third-order valence-corrected chi connectivity index (χ3v) is 2.71. The minimum absolute atomic E-state index is 0.151. The summed E-state index contributed by atoms with van der Waals surface area (Å²) < 4.78 is 4.75. The van der Waals surface area contributed by atoms with Gasteiger partial charge in [0.25, 0.3) is 0 Å². The smallest absolute Gasteiger partial charge is 0.307 e. The molecule has 0 aliphatic heterocycles. The summed E-state index contributed by atoms with van der Waals surface area (Å²) in [6.07, 6.45) is 0.151. The summed E-state index contributed by atoms with van der Waals surface area (Å²) >= 11 is 6.00. The molecule has 0 spiro atoms. The zero-order valence-corrected chi connectivity index (χ0v) is 10.9. The number of esters is 1. The highest BCUT2D eigenvalue weighted by Gasteiger charge is 2.16. The fraction of sp³-hybridized carbons (Fsp3) is 0.385. The first-order valence-electron chi connectivity index (χ1n) is 5.77. The SMILES string of the molecule is CCOC(=O)CCNC(=O)C(Cl)c1ccccc1. The summed E-state index contributed by atoms with van der Waals surface area (Å²) in [5, 5.41) is 1.86. The fourth-order valence-electron chi connectivity index (χ4n) is 1.38. The van der Waals surface area contributed by atoms with Crippen molar-refractivity contribution in [2.24, 2.45) is 0 Å². The molecule has 18 heavy (non-hydrogen) atoms. The second-order valence-corrected chi connectivity index (χ2v) is 4.06. The molecule has 1 N–H and O–H groups in total. The Morgan fingerprint density at radius 1 is 1.33 bits per heavy atom. The van der Waals surface area contributed by atoms with Gasteiger partial charge in [0.05, 0.1) is 13.0 Å². The molecule has 1 rings (SSSR count). The van der Waals surface area contributed by atoms with Crippen molar-refractivity contribution in [2.45, 2.75) is 18.7 Å². The first-order chi connectivity index (χ1) is 8.65. The molecule has 4 nitrogen and oxygen atoms in total. The second kappa shape index (κ2) is 7.71. The standard InChI is InChI=1S/C13H16ClNO3/c1-2-18-11(16)8-9-15-13(17)12(14)10-6-4-3-5-7-10/h3-7,12H,2,8-9H2,1H3,(H,15,17). The molecule has 0 aliphatic rings. The van der Waals surface area contributed by atoms with E-state index in [1.165, 1.54) is 0 Å². The van der Waals surface area contributed by atoms with Gasteiger partial charge in [0.1, 0.15) is 5.38 Å². The van der Waals surface area contributed by atoms with Crippen LogP contribution in [0.1, 0.15) is 24.3 Å². The average Bonchev–Trinajstić information content (AvgIpc) is 2.39. The molecule has 1 amide bonds. The van der Waals surface area contributed by atoms with Gasteiger partial charge in [-0.3, -0.25) is 9.59 Å². The third kappa shape index (κ3) is 4.75. The van der Waals surface area contributed by atoms with Crippen molar-refractivity contribution in [3.05, 3.63) is 35.9 Å². The Bertz CT molecular complexity index is 394. The summed E-state index contributed by atoms with van der Waals surface area (Å²) in [5.74, 6) is -0.643. The normalized spacial score (nSPS) is 11.7. The van der Waals surface area contributed by atoms with Crippen LogP contribution in [-0.4, -0.2) is 25.0 Å². The lowest BCUT2D eigenvalue weighted by molar-refractivity contribution is -0.143. The van der Waals surface area contributed by atoms with Crippen LogP contribution in [0.5, 0.6) is 0 Å². The molecule has 0 saturated carbocycles. The van der Waals surface area contributed by atoms with Crippen LogP contribution in [0, 0.1) is 0 Å². The quantitative estimate of drug-likeness (QED) is 0.635. The molecule has 1 unspecified atom stereocenters. The minimum atomic E-state index is -0.742. The number of halogens is 1. The van der Waals surface area contributed by atoms with Gasteiger partial charge >= 0.3 is 5.97 Å². The molecule has 1 atom stereocenters. The van der Waals surface area contributed by atoms with Crippen molar-refractivity contribution < 1.29 is 14.3 Å². The van der Waals surface area contributed by atoms with Gasteiger partial charge in [0, 0.05) is 6.54 Å². The summed E-state index contributed by atoms with van der Waals surface area (Å²) in [6, 6.07) is 9.05. The number of ether oxygens (including phenoxy) is 1. The topological polar surface area (TPSA) is 55.4 Å². The van der Waals surface area contributed by atoms with Crippen molar-refractivity contribution in [1.82, 2.24) is 5.32 Å². The van der Waals surface area contributed by atoms with Crippen LogP contribution in [0.2, 0.25) is 0 Å². The fourth-order valence-corrected chi connectivity index (χ4v) is 1.61. The van der Waals surface area contributed by atoms with Gasteiger partial charge in [0.15, 0.2) is 0 Å². The molecule has 5 heteroatoms. The Hall–Kier alpha value is -1.55. The van der Waals surface area contributed by atoms with E-state index < -0.39 is 5.38 Å². The van der Waals surface area contributed by atoms with Gasteiger partial charge in [0.2, 0.25) is 5.91 Å². The molecule has 0 saturated heterocycles. The van der Waals surface area contributed by atoms with Crippen LogP contribution in [-0.2, 0) is 14.3 Å². The van der Waals surface area contributed by atoms with Gasteiger partial charge < -0.3 is 10.1 Å². The van der Waals surface area contributed by atoms with Gasteiger partial charge in [-0.15, -0.1) is 11.6 Å². The Kier molecular flexibility index (Phi) is 6.22. The average molecular weight is 270 g/mol. The number of hydrogen-bond acceptors (Lipinski definition) is 3. The van der Waals surface area contributed by atoms with E-state index in [4.69, 9.17) is 16.3 Å². The van der Waals surface area contributed by atoms with E-state index in [9.17, 15) is 9.59 Å². The summed E-state index contributed by atoms with van der Waals surface area (Å²) in [7, 11) is 0. The Morgan fingerprint density at radius 2 is 2.00 bits per heavy atom. The Morgan fingerprint density at radius 3 is 2.61 bits per heavy atom. The Balaban J connectivity index is 2.35. The predicted octanol–water partition coefficient (Wildman–Crippen LogP) is 2.04. The van der Waals surface area contributed by atoms with E-state index in [0.29, 0.717) is 6.61 Å². The highest BCUT2D eigenvalue weighted by Crippen LogP contribution is 2.19. The van der Waals surface area contributed by atoms with E-state index in [2.05, 4.69) is 5.32 Å². The first kappa shape index (κ1) is 14.5. The molecule has 0 aliphatic carbocycles. The Labute approximate surface area is 111 Å². The molecule has 0 aromatic heterocycles. The van der Waals surface area contributed by atoms with E-state index in [1.807, 2.05) is 18.2 Å². The minimum Gasteiger partial charge on any atom is -0.466 e. The second-order valence-electron chi connectivity index (χ2n) is 3.62. The van der Waals surface area contributed by atoms with Crippen molar-refractivity contribution in [3.63, 3.8) is 0 Å². The summed E-state index contributed by atoms with van der Waals surface area (Å²) in [4.78, 5) is 22.7. The number of benzene rings is 1. The molecule has 1 aromatic rings. The van der Waals surface area contributed by atoms with Crippen LogP contribution in [0.15, 0.2) is 30.3 Å². The number of nitrogens with one attached hydrogen (secondary N) is 1. The molecule has 0 radical (unpaired) electrons. The maximum atomic E-state index is 11.7. The lowest BCUT2D eigenvalue weighted by Crippen LogP contribution is -2.29. The molecule has 1 aromatic carbocycles. The number of carbonyl (C=O) groups is 2. The first-order valence-corrected chi connectivity index (χ1v) is 6.21. The van der Waals surface area contributed by atoms with Gasteiger partial charge in [-0.1, -0.05) is 30.3 Å². The maximum absolute atomic E-state index is 11.7. The molecular weight excluding hydrogens is 254 g/mol. The number of hydrogen-bond donors (Lipinski definition) is 1. The lowest BCUT2D eigenvalue weighted by Gasteiger charge is -2.10. The van der Waals surface area contributed by atoms with E-state index in [0.717, 1.165) is 5.56 Å². The van der Waals surface area contributed by atoms with Gasteiger partial charge in [-0.2, -0.15) is 0 Å². The third-order valence-electron chi connectivity index (χ3n) is 2.26. The zero-order chi connectivity index (χ0) is 13.4. The van der Waals surface area contributed by atoms with Crippen molar-refractivity contribution in [2.75, 3.05) is 13.2 Å². The van der Waals surface area contributed by atoms with E-state index in [-0.39, 0.29) is 24.8 Å². The predicted molar refractivity (Wildman–Crippen MR) is 69.3 cm³/mol. The molecule has 98 valence electrons. The highest BCUT2D eigenvalue weighted by atomic mass is 35.5. The largest absolute Gasteiger partial charge is 0.466 e. The maximum Gasteiger partial charge on any atom is 0.307 e. The highest BCUT2D eigenvalue weighted by molar-refractivity contribution is 6.30. The van der Waals surface area contributed by atoms with Crippen LogP contribution in [0.3, 0.4) is 0 Å². The van der Waals surface area contributed by atoms with Crippen LogP contribution < -0.4 is 5.32 Å². The van der Waals surface area contributed by atoms with Crippen LogP contribution in [0.25, 0.3) is 0 Å². The van der Waals surface area contributed by atoms with Crippen LogP contribution in [0.4, 0.5) is 0 Å². The van der Waals surface area contributed by atoms with Crippen molar-refractivity contribution in [1.29, 1.82) is 0 Å². The van der Waals surface area contributed by atoms with Crippen molar-refractivity contribution in [3.8, 4) is 0 Å².